The molecule has 1 aromatic heterocycles. The Morgan fingerprint density at radius 3 is 2.52 bits per heavy atom. The minimum absolute atomic E-state index is 0.164. The lowest BCUT2D eigenvalue weighted by atomic mass is 9.87. The van der Waals surface area contributed by atoms with Crippen LogP contribution in [-0.4, -0.2) is 21.1 Å². The van der Waals surface area contributed by atoms with Crippen LogP contribution in [0.25, 0.3) is 0 Å². The highest BCUT2D eigenvalue weighted by atomic mass is 32.1. The van der Waals surface area contributed by atoms with Crippen LogP contribution in [0.15, 0.2) is 29.4 Å². The maximum Gasteiger partial charge on any atom is 0.216 e. The number of benzene rings is 1. The Bertz CT molecular complexity index is 672. The van der Waals surface area contributed by atoms with E-state index in [9.17, 15) is 0 Å². The molecule has 0 spiro atoms. The van der Waals surface area contributed by atoms with Crippen LogP contribution in [0.3, 0.4) is 0 Å². The number of H-pyrrole nitrogens is 1. The maximum atomic E-state index is 5.20. The summed E-state index contributed by atoms with van der Waals surface area (Å²) in [6, 6.07) is 8.44. The summed E-state index contributed by atoms with van der Waals surface area (Å²) in [6.07, 6.45) is 3.68. The highest BCUT2D eigenvalue weighted by molar-refractivity contribution is 7.71. The zero-order valence-corrected chi connectivity index (χ0v) is 13.9. The molecule has 2 rings (SSSR count). The minimum Gasteiger partial charge on any atom is -0.250 e. The van der Waals surface area contributed by atoms with Gasteiger partial charge < -0.3 is 0 Å². The number of aryl methyl sites for hydroxylation is 1. The third-order valence-electron chi connectivity index (χ3n) is 3.29. The Balaban J connectivity index is 2.22. The van der Waals surface area contributed by atoms with Gasteiger partial charge in [0.25, 0.3) is 0 Å². The van der Waals surface area contributed by atoms with E-state index < -0.39 is 0 Å². The van der Waals surface area contributed by atoms with Crippen LogP contribution in [0.1, 0.15) is 51.1 Å². The van der Waals surface area contributed by atoms with Crippen molar-refractivity contribution >= 4 is 18.4 Å². The summed E-state index contributed by atoms with van der Waals surface area (Å²) >= 11 is 5.20. The fourth-order valence-corrected chi connectivity index (χ4v) is 2.22. The van der Waals surface area contributed by atoms with Gasteiger partial charge in [-0.25, -0.2) is 0 Å². The lowest BCUT2D eigenvalue weighted by Crippen LogP contribution is -2.10. The summed E-state index contributed by atoms with van der Waals surface area (Å²) in [4.78, 5) is 0. The van der Waals surface area contributed by atoms with E-state index in [0.29, 0.717) is 4.77 Å². The van der Waals surface area contributed by atoms with Crippen molar-refractivity contribution in [1.29, 1.82) is 0 Å². The predicted octanol–water partition coefficient (Wildman–Crippen LogP) is 4.07. The molecule has 1 N–H and O–H groups in total. The van der Waals surface area contributed by atoms with Gasteiger partial charge in [-0.1, -0.05) is 52.0 Å². The molecule has 0 saturated carbocycles. The smallest absolute Gasteiger partial charge is 0.216 e. The average Bonchev–Trinajstić information content (AvgIpc) is 2.77. The first-order valence-electron chi connectivity index (χ1n) is 7.23. The second kappa shape index (κ2) is 6.35. The van der Waals surface area contributed by atoms with Crippen LogP contribution in [0.2, 0.25) is 0 Å². The fraction of sp³-hybridized carbons (Fsp3) is 0.438. The molecule has 0 radical (unpaired) electrons. The molecule has 112 valence electrons. The van der Waals surface area contributed by atoms with Crippen LogP contribution in [0.4, 0.5) is 0 Å². The van der Waals surface area contributed by atoms with E-state index in [1.165, 1.54) is 5.56 Å². The van der Waals surface area contributed by atoms with E-state index in [1.807, 2.05) is 6.21 Å². The van der Waals surface area contributed by atoms with Gasteiger partial charge in [0.15, 0.2) is 5.82 Å². The highest BCUT2D eigenvalue weighted by Gasteiger charge is 2.12. The Labute approximate surface area is 130 Å². The summed E-state index contributed by atoms with van der Waals surface area (Å²) in [6.45, 7) is 8.73. The molecule has 0 atom stereocenters. The molecule has 0 aliphatic carbocycles. The monoisotopic (exact) mass is 302 g/mol. The van der Waals surface area contributed by atoms with E-state index >= 15 is 0 Å². The molecule has 4 nitrogen and oxygen atoms in total. The molecule has 0 amide bonds. The third-order valence-corrected chi connectivity index (χ3v) is 3.55. The Kier molecular flexibility index (Phi) is 4.73. The number of rotatable bonds is 4. The number of aromatic amines is 1. The molecule has 0 aliphatic rings. The van der Waals surface area contributed by atoms with E-state index in [2.05, 4.69) is 67.3 Å². The minimum atomic E-state index is 0.164. The topological polar surface area (TPSA) is 46.0 Å². The van der Waals surface area contributed by atoms with Crippen LogP contribution >= 0.6 is 12.2 Å². The molecule has 2 aromatic rings. The van der Waals surface area contributed by atoms with Gasteiger partial charge in [-0.3, -0.25) is 5.10 Å². The lowest BCUT2D eigenvalue weighted by molar-refractivity contribution is 0.590. The SMILES string of the molecule is CCCc1n[nH]c(=S)n1N=Cc1ccc(C(C)(C)C)cc1. The summed E-state index contributed by atoms with van der Waals surface area (Å²) in [7, 11) is 0. The number of nitrogens with one attached hydrogen (secondary N) is 1. The summed E-state index contributed by atoms with van der Waals surface area (Å²) in [5.74, 6) is 0.866. The van der Waals surface area contributed by atoms with Crippen molar-refractivity contribution in [3.8, 4) is 0 Å². The second-order valence-electron chi connectivity index (χ2n) is 6.12. The first-order chi connectivity index (χ1) is 9.91. The molecule has 21 heavy (non-hydrogen) atoms. The van der Waals surface area contributed by atoms with Gasteiger partial charge in [-0.05, 0) is 35.2 Å². The van der Waals surface area contributed by atoms with Gasteiger partial charge in [0.05, 0.1) is 6.21 Å². The molecule has 0 aliphatic heterocycles. The van der Waals surface area contributed by atoms with E-state index in [1.54, 1.807) is 4.68 Å². The van der Waals surface area contributed by atoms with Gasteiger partial charge in [-0.2, -0.15) is 14.9 Å². The van der Waals surface area contributed by atoms with Crippen LogP contribution in [0, 0.1) is 4.77 Å². The summed E-state index contributed by atoms with van der Waals surface area (Å²) < 4.78 is 2.22. The lowest BCUT2D eigenvalue weighted by Gasteiger charge is -2.18. The molecule has 0 saturated heterocycles. The normalized spacial score (nSPS) is 12.2. The van der Waals surface area contributed by atoms with Crippen LogP contribution in [-0.2, 0) is 11.8 Å². The summed E-state index contributed by atoms with van der Waals surface area (Å²) in [5, 5.41) is 11.4. The van der Waals surface area contributed by atoms with Crippen molar-refractivity contribution in [2.24, 2.45) is 5.10 Å². The second-order valence-corrected chi connectivity index (χ2v) is 6.51. The quantitative estimate of drug-likeness (QED) is 0.683. The molecular formula is C16H22N4S. The van der Waals surface area contributed by atoms with Gasteiger partial charge in [0.1, 0.15) is 0 Å². The average molecular weight is 302 g/mol. The Morgan fingerprint density at radius 1 is 1.29 bits per heavy atom. The standard InChI is InChI=1S/C16H22N4S/c1-5-6-14-18-19-15(21)20(14)17-11-12-7-9-13(10-8-12)16(2,3)4/h7-11H,5-6H2,1-4H3,(H,19,21). The van der Waals surface area contributed by atoms with Crippen LogP contribution < -0.4 is 0 Å². The molecular weight excluding hydrogens is 280 g/mol. The van der Waals surface area contributed by atoms with Crippen molar-refractivity contribution in [2.75, 3.05) is 0 Å². The third kappa shape index (κ3) is 3.88. The molecule has 1 heterocycles. The number of nitrogens with zero attached hydrogens (tertiary/aromatic N) is 3. The molecule has 1 aromatic carbocycles. The van der Waals surface area contributed by atoms with Crippen molar-refractivity contribution < 1.29 is 0 Å². The molecule has 0 unspecified atom stereocenters. The van der Waals surface area contributed by atoms with Gasteiger partial charge in [0, 0.05) is 6.42 Å². The van der Waals surface area contributed by atoms with Crippen molar-refractivity contribution in [2.45, 2.75) is 46.0 Å². The van der Waals surface area contributed by atoms with Crippen LogP contribution in [0.5, 0.6) is 0 Å². The Morgan fingerprint density at radius 2 is 1.95 bits per heavy atom. The highest BCUT2D eigenvalue weighted by Crippen LogP contribution is 2.21. The largest absolute Gasteiger partial charge is 0.250 e. The first-order valence-corrected chi connectivity index (χ1v) is 7.64. The fourth-order valence-electron chi connectivity index (χ4n) is 2.02. The first kappa shape index (κ1) is 15.6. The van der Waals surface area contributed by atoms with Gasteiger partial charge in [-0.15, -0.1) is 0 Å². The molecule has 0 bridgehead atoms. The van der Waals surface area contributed by atoms with Gasteiger partial charge in [0.2, 0.25) is 4.77 Å². The summed E-state index contributed by atoms with van der Waals surface area (Å²) in [5.41, 5.74) is 2.52. The number of hydrogen-bond donors (Lipinski definition) is 1. The van der Waals surface area contributed by atoms with E-state index in [0.717, 1.165) is 24.2 Å². The maximum absolute atomic E-state index is 5.20. The Hall–Kier alpha value is -1.75. The van der Waals surface area contributed by atoms with Crippen molar-refractivity contribution in [3.63, 3.8) is 0 Å². The zero-order chi connectivity index (χ0) is 15.5. The van der Waals surface area contributed by atoms with Crippen molar-refractivity contribution in [1.82, 2.24) is 14.9 Å². The molecule has 0 fully saturated rings. The van der Waals surface area contributed by atoms with E-state index in [-0.39, 0.29) is 5.41 Å². The number of aromatic nitrogens is 3. The predicted molar refractivity (Wildman–Crippen MR) is 89.5 cm³/mol. The van der Waals surface area contributed by atoms with E-state index in [4.69, 9.17) is 12.2 Å². The van der Waals surface area contributed by atoms with Crippen molar-refractivity contribution in [3.05, 3.63) is 46.0 Å². The number of hydrogen-bond acceptors (Lipinski definition) is 3. The zero-order valence-electron chi connectivity index (χ0n) is 13.1. The molecule has 5 heteroatoms. The van der Waals surface area contributed by atoms with Gasteiger partial charge >= 0.3 is 0 Å².